The average molecular weight is 366 g/mol. The van der Waals surface area contributed by atoms with E-state index >= 15 is 0 Å². The third-order valence-electron chi connectivity index (χ3n) is 3.18. The fourth-order valence-corrected chi connectivity index (χ4v) is 3.70. The lowest BCUT2D eigenvalue weighted by Crippen LogP contribution is -2.03. The highest BCUT2D eigenvalue weighted by Crippen LogP contribution is 2.29. The van der Waals surface area contributed by atoms with Gasteiger partial charge in [0.1, 0.15) is 11.3 Å². The fourth-order valence-electron chi connectivity index (χ4n) is 2.23. The first-order valence-corrected chi connectivity index (χ1v) is 8.41. The summed E-state index contributed by atoms with van der Waals surface area (Å²) in [5, 5.41) is 0. The summed E-state index contributed by atoms with van der Waals surface area (Å²) in [5.74, 6) is 1.31. The van der Waals surface area contributed by atoms with E-state index in [1.54, 1.807) is 11.3 Å². The standard InChI is InChI=1S/C15H16BrN3OS/c1-2-8-20-12-5-3-4-11-14(12)18-15(17)19(11)9-10-6-7-13(16)21-10/h3-7H,2,8-9H2,1H3,(H2,17,18). The second-order valence-electron chi connectivity index (χ2n) is 4.73. The van der Waals surface area contributed by atoms with Gasteiger partial charge in [-0.15, -0.1) is 11.3 Å². The van der Waals surface area contributed by atoms with Gasteiger partial charge in [-0.1, -0.05) is 13.0 Å². The monoisotopic (exact) mass is 365 g/mol. The Labute approximate surface area is 135 Å². The van der Waals surface area contributed by atoms with Crippen molar-refractivity contribution in [1.29, 1.82) is 0 Å². The summed E-state index contributed by atoms with van der Waals surface area (Å²) in [5.41, 5.74) is 7.93. The number of rotatable bonds is 5. The predicted octanol–water partition coefficient (Wildman–Crippen LogP) is 4.28. The van der Waals surface area contributed by atoms with Gasteiger partial charge in [0.15, 0.2) is 0 Å². The zero-order valence-corrected chi connectivity index (χ0v) is 14.1. The Balaban J connectivity index is 2.00. The van der Waals surface area contributed by atoms with Gasteiger partial charge in [0.05, 0.1) is 22.5 Å². The molecule has 2 aromatic heterocycles. The van der Waals surface area contributed by atoms with Gasteiger partial charge in [-0.05, 0) is 46.6 Å². The molecule has 4 nitrogen and oxygen atoms in total. The van der Waals surface area contributed by atoms with E-state index in [9.17, 15) is 0 Å². The quantitative estimate of drug-likeness (QED) is 0.733. The van der Waals surface area contributed by atoms with Crippen LogP contribution in [0.25, 0.3) is 11.0 Å². The topological polar surface area (TPSA) is 53.1 Å². The number of benzene rings is 1. The first-order chi connectivity index (χ1) is 10.2. The van der Waals surface area contributed by atoms with Gasteiger partial charge in [0.2, 0.25) is 5.95 Å². The van der Waals surface area contributed by atoms with Gasteiger partial charge in [-0.25, -0.2) is 4.98 Å². The maximum absolute atomic E-state index is 6.09. The van der Waals surface area contributed by atoms with E-state index in [-0.39, 0.29) is 0 Å². The number of ether oxygens (including phenoxy) is 1. The highest BCUT2D eigenvalue weighted by Gasteiger charge is 2.13. The molecule has 6 heteroatoms. The molecule has 1 aromatic carbocycles. The second kappa shape index (κ2) is 6.07. The number of thiophene rings is 1. The Bertz CT molecular complexity index is 765. The summed E-state index contributed by atoms with van der Waals surface area (Å²) in [6.07, 6.45) is 0.968. The highest BCUT2D eigenvalue weighted by molar-refractivity contribution is 9.11. The van der Waals surface area contributed by atoms with Crippen molar-refractivity contribution in [2.45, 2.75) is 19.9 Å². The molecule has 3 rings (SSSR count). The molecule has 0 atom stereocenters. The molecule has 0 amide bonds. The number of hydrogen-bond acceptors (Lipinski definition) is 4. The number of aromatic nitrogens is 2. The van der Waals surface area contributed by atoms with Gasteiger partial charge in [-0.3, -0.25) is 0 Å². The van der Waals surface area contributed by atoms with Crippen molar-refractivity contribution in [1.82, 2.24) is 9.55 Å². The Hall–Kier alpha value is -1.53. The third kappa shape index (κ3) is 2.91. The number of imidazole rings is 1. The molecule has 0 unspecified atom stereocenters. The van der Waals surface area contributed by atoms with Gasteiger partial charge in [0, 0.05) is 4.88 Å². The molecular formula is C15H16BrN3OS. The van der Waals surface area contributed by atoms with E-state index in [4.69, 9.17) is 10.5 Å². The van der Waals surface area contributed by atoms with Crippen LogP contribution in [0.15, 0.2) is 34.1 Å². The molecule has 3 aromatic rings. The number of nitrogens with zero attached hydrogens (tertiary/aromatic N) is 2. The van der Waals surface area contributed by atoms with Gasteiger partial charge >= 0.3 is 0 Å². The van der Waals surface area contributed by atoms with E-state index < -0.39 is 0 Å². The molecule has 0 radical (unpaired) electrons. The molecule has 0 saturated carbocycles. The van der Waals surface area contributed by atoms with Crippen molar-refractivity contribution >= 4 is 44.2 Å². The maximum Gasteiger partial charge on any atom is 0.201 e. The van der Waals surface area contributed by atoms with E-state index in [1.165, 1.54) is 4.88 Å². The number of anilines is 1. The minimum atomic E-state index is 0.516. The van der Waals surface area contributed by atoms with Gasteiger partial charge < -0.3 is 15.0 Å². The van der Waals surface area contributed by atoms with Crippen LogP contribution in [0.4, 0.5) is 5.95 Å². The van der Waals surface area contributed by atoms with Crippen LogP contribution in [0.2, 0.25) is 0 Å². The van der Waals surface area contributed by atoms with Crippen molar-refractivity contribution in [2.75, 3.05) is 12.3 Å². The summed E-state index contributed by atoms with van der Waals surface area (Å²) in [6, 6.07) is 10.1. The first-order valence-electron chi connectivity index (χ1n) is 6.80. The molecule has 21 heavy (non-hydrogen) atoms. The molecule has 2 heterocycles. The zero-order chi connectivity index (χ0) is 14.8. The molecule has 110 valence electrons. The summed E-state index contributed by atoms with van der Waals surface area (Å²) in [6.45, 7) is 3.49. The number of fused-ring (bicyclic) bond motifs is 1. The first kappa shape index (κ1) is 14.4. The van der Waals surface area contributed by atoms with Gasteiger partial charge in [0.25, 0.3) is 0 Å². The molecular weight excluding hydrogens is 350 g/mol. The van der Waals surface area contributed by atoms with Crippen LogP contribution in [-0.4, -0.2) is 16.2 Å². The number of nitrogens with two attached hydrogens (primary N) is 1. The van der Waals surface area contributed by atoms with E-state index in [0.29, 0.717) is 12.6 Å². The largest absolute Gasteiger partial charge is 0.491 e. The minimum absolute atomic E-state index is 0.516. The molecule has 0 bridgehead atoms. The summed E-state index contributed by atoms with van der Waals surface area (Å²) in [7, 11) is 0. The van der Waals surface area contributed by atoms with Crippen LogP contribution >= 0.6 is 27.3 Å². The van der Waals surface area contributed by atoms with E-state index in [2.05, 4.69) is 33.9 Å². The zero-order valence-electron chi connectivity index (χ0n) is 11.7. The summed E-state index contributed by atoms with van der Waals surface area (Å²) >= 11 is 5.19. The predicted molar refractivity (Wildman–Crippen MR) is 91.1 cm³/mol. The fraction of sp³-hybridized carbons (Fsp3) is 0.267. The number of halogens is 1. The average Bonchev–Trinajstić information content (AvgIpc) is 3.02. The van der Waals surface area contributed by atoms with Crippen molar-refractivity contribution in [3.05, 3.63) is 39.0 Å². The summed E-state index contributed by atoms with van der Waals surface area (Å²) in [4.78, 5) is 5.71. The van der Waals surface area contributed by atoms with Gasteiger partial charge in [-0.2, -0.15) is 0 Å². The Morgan fingerprint density at radius 2 is 2.19 bits per heavy atom. The van der Waals surface area contributed by atoms with Crippen LogP contribution in [0.3, 0.4) is 0 Å². The lowest BCUT2D eigenvalue weighted by molar-refractivity contribution is 0.320. The van der Waals surface area contributed by atoms with Crippen LogP contribution in [-0.2, 0) is 6.54 Å². The van der Waals surface area contributed by atoms with Crippen LogP contribution in [0.1, 0.15) is 18.2 Å². The lowest BCUT2D eigenvalue weighted by Gasteiger charge is -2.06. The Morgan fingerprint density at radius 3 is 2.90 bits per heavy atom. The van der Waals surface area contributed by atoms with Crippen molar-refractivity contribution < 1.29 is 4.74 Å². The SMILES string of the molecule is CCCOc1cccc2c1nc(N)n2Cc1ccc(Br)s1. The molecule has 0 aliphatic carbocycles. The van der Waals surface area contributed by atoms with Crippen LogP contribution in [0.5, 0.6) is 5.75 Å². The third-order valence-corrected chi connectivity index (χ3v) is 4.78. The smallest absolute Gasteiger partial charge is 0.201 e. The molecule has 0 spiro atoms. The molecule has 0 fully saturated rings. The van der Waals surface area contributed by atoms with E-state index in [0.717, 1.165) is 33.5 Å². The Morgan fingerprint density at radius 1 is 1.33 bits per heavy atom. The number of para-hydroxylation sites is 1. The maximum atomic E-state index is 6.09. The minimum Gasteiger partial charge on any atom is -0.491 e. The Kier molecular flexibility index (Phi) is 4.17. The van der Waals surface area contributed by atoms with Crippen molar-refractivity contribution in [3.63, 3.8) is 0 Å². The second-order valence-corrected chi connectivity index (χ2v) is 7.28. The van der Waals surface area contributed by atoms with Crippen LogP contribution < -0.4 is 10.5 Å². The number of nitrogen functional groups attached to an aromatic ring is 1. The van der Waals surface area contributed by atoms with Crippen molar-refractivity contribution in [2.24, 2.45) is 0 Å². The van der Waals surface area contributed by atoms with E-state index in [1.807, 2.05) is 28.8 Å². The highest BCUT2D eigenvalue weighted by atomic mass is 79.9. The normalized spacial score (nSPS) is 11.1. The summed E-state index contributed by atoms with van der Waals surface area (Å²) < 4.78 is 8.89. The number of hydrogen-bond donors (Lipinski definition) is 1. The van der Waals surface area contributed by atoms with Crippen LogP contribution in [0, 0.1) is 0 Å². The molecule has 2 N–H and O–H groups in total. The molecule has 0 saturated heterocycles. The lowest BCUT2D eigenvalue weighted by atomic mass is 10.3. The molecule has 0 aliphatic heterocycles. The van der Waals surface area contributed by atoms with Crippen molar-refractivity contribution in [3.8, 4) is 5.75 Å². The molecule has 0 aliphatic rings.